The van der Waals surface area contributed by atoms with Gasteiger partial charge in [-0.05, 0) is 62.4 Å². The van der Waals surface area contributed by atoms with Crippen molar-refractivity contribution in [2.75, 3.05) is 0 Å². The molecule has 1 saturated carbocycles. The summed E-state index contributed by atoms with van der Waals surface area (Å²) in [5, 5.41) is 16.3. The molecule has 3 N–H and O–H groups in total. The molecule has 130 valence electrons. The Morgan fingerprint density at radius 3 is 2.42 bits per heavy atom. The molecule has 0 saturated heterocycles. The first-order valence-electron chi connectivity index (χ1n) is 8.80. The maximum absolute atomic E-state index is 6.05. The number of nitrogens with two attached hydrogens (primary N) is 1. The number of nitrogens with zero attached hydrogens (tertiary/aromatic N) is 4. The fourth-order valence-corrected chi connectivity index (χ4v) is 3.34. The number of rotatable bonds is 4. The molecular formula is C18H28N6. The number of hydrogen-bond acceptors (Lipinski definition) is 5. The normalized spacial score (nSPS) is 23.2. The van der Waals surface area contributed by atoms with E-state index in [4.69, 9.17) is 5.73 Å². The Morgan fingerprint density at radius 2 is 1.79 bits per heavy atom. The van der Waals surface area contributed by atoms with Crippen LogP contribution in [-0.2, 0) is 5.54 Å². The fourth-order valence-electron chi connectivity index (χ4n) is 3.34. The molecule has 1 unspecified atom stereocenters. The Labute approximate surface area is 143 Å². The van der Waals surface area contributed by atoms with E-state index in [1.807, 2.05) is 10.7 Å². The van der Waals surface area contributed by atoms with Crippen LogP contribution in [-0.4, -0.2) is 32.3 Å². The van der Waals surface area contributed by atoms with Gasteiger partial charge in [0.15, 0.2) is 5.82 Å². The summed E-state index contributed by atoms with van der Waals surface area (Å²) in [5.74, 6) is 0.864. The first-order chi connectivity index (χ1) is 11.4. The summed E-state index contributed by atoms with van der Waals surface area (Å²) in [6.45, 7) is 6.36. The zero-order valence-corrected chi connectivity index (χ0v) is 14.8. The topological polar surface area (TPSA) is 81.7 Å². The lowest BCUT2D eigenvalue weighted by Gasteiger charge is -2.32. The number of aromatic nitrogens is 4. The Kier molecular flexibility index (Phi) is 4.96. The van der Waals surface area contributed by atoms with E-state index < -0.39 is 0 Å². The number of benzene rings is 1. The van der Waals surface area contributed by atoms with Gasteiger partial charge in [0, 0.05) is 12.1 Å². The predicted molar refractivity (Wildman–Crippen MR) is 94.5 cm³/mol. The van der Waals surface area contributed by atoms with E-state index in [0.717, 1.165) is 31.5 Å². The third kappa shape index (κ3) is 3.82. The fraction of sp³-hybridized carbons (Fsp3) is 0.611. The quantitative estimate of drug-likeness (QED) is 0.900. The number of hydrogen-bond donors (Lipinski definition) is 2. The minimum absolute atomic E-state index is 0.0141. The summed E-state index contributed by atoms with van der Waals surface area (Å²) in [6.07, 6.45) is 4.34. The number of tetrazole rings is 1. The maximum atomic E-state index is 6.05. The van der Waals surface area contributed by atoms with Crippen molar-refractivity contribution in [3.05, 3.63) is 41.7 Å². The van der Waals surface area contributed by atoms with Gasteiger partial charge in [-0.3, -0.25) is 0 Å². The van der Waals surface area contributed by atoms with Gasteiger partial charge in [0.05, 0.1) is 11.6 Å². The summed E-state index contributed by atoms with van der Waals surface area (Å²) in [4.78, 5) is 0. The molecule has 0 amide bonds. The van der Waals surface area contributed by atoms with Crippen LogP contribution in [0.3, 0.4) is 0 Å². The van der Waals surface area contributed by atoms with Gasteiger partial charge in [-0.15, -0.1) is 5.10 Å². The van der Waals surface area contributed by atoms with Gasteiger partial charge < -0.3 is 11.1 Å². The summed E-state index contributed by atoms with van der Waals surface area (Å²) in [5.41, 5.74) is 7.07. The summed E-state index contributed by atoms with van der Waals surface area (Å²) < 4.78 is 1.92. The second kappa shape index (κ2) is 6.99. The molecule has 0 spiro atoms. The maximum Gasteiger partial charge on any atom is 0.173 e. The average Bonchev–Trinajstić information content (AvgIpc) is 3.05. The molecule has 6 nitrogen and oxygen atoms in total. The Morgan fingerprint density at radius 1 is 1.12 bits per heavy atom. The van der Waals surface area contributed by atoms with Crippen LogP contribution in [0.2, 0.25) is 0 Å². The van der Waals surface area contributed by atoms with Crippen LogP contribution in [0.25, 0.3) is 0 Å². The van der Waals surface area contributed by atoms with Crippen molar-refractivity contribution in [1.29, 1.82) is 0 Å². The molecule has 1 atom stereocenters. The van der Waals surface area contributed by atoms with Crippen LogP contribution in [0.5, 0.6) is 0 Å². The van der Waals surface area contributed by atoms with Gasteiger partial charge in [0.25, 0.3) is 0 Å². The highest BCUT2D eigenvalue weighted by Gasteiger charge is 2.29. The van der Waals surface area contributed by atoms with E-state index in [1.54, 1.807) is 0 Å². The highest BCUT2D eigenvalue weighted by Crippen LogP contribution is 2.27. The van der Waals surface area contributed by atoms with E-state index in [9.17, 15) is 0 Å². The summed E-state index contributed by atoms with van der Waals surface area (Å²) in [6, 6.07) is 11.2. The lowest BCUT2D eigenvalue weighted by atomic mass is 9.90. The molecule has 1 aromatic carbocycles. The molecule has 1 heterocycles. The van der Waals surface area contributed by atoms with Crippen LogP contribution in [0, 0.1) is 0 Å². The molecule has 2 aromatic rings. The second-order valence-corrected chi connectivity index (χ2v) is 7.74. The van der Waals surface area contributed by atoms with Gasteiger partial charge in [0.2, 0.25) is 0 Å². The van der Waals surface area contributed by atoms with E-state index in [1.165, 1.54) is 5.56 Å². The summed E-state index contributed by atoms with van der Waals surface area (Å²) >= 11 is 0. The van der Waals surface area contributed by atoms with Gasteiger partial charge in [-0.25, -0.2) is 4.68 Å². The Hall–Kier alpha value is -1.79. The molecule has 1 aliphatic rings. The molecular weight excluding hydrogens is 300 g/mol. The number of nitrogens with one attached hydrogen (secondary N) is 1. The third-order valence-corrected chi connectivity index (χ3v) is 4.69. The molecule has 6 heteroatoms. The monoisotopic (exact) mass is 328 g/mol. The first kappa shape index (κ1) is 17.0. The lowest BCUT2D eigenvalue weighted by molar-refractivity contribution is 0.297. The van der Waals surface area contributed by atoms with E-state index in [0.29, 0.717) is 12.1 Å². The zero-order valence-electron chi connectivity index (χ0n) is 14.8. The largest absolute Gasteiger partial charge is 0.328 e. The lowest BCUT2D eigenvalue weighted by Crippen LogP contribution is -2.41. The molecule has 1 aromatic heterocycles. The smallest absolute Gasteiger partial charge is 0.173 e. The van der Waals surface area contributed by atoms with Crippen molar-refractivity contribution in [3.63, 3.8) is 0 Å². The van der Waals surface area contributed by atoms with Gasteiger partial charge in [-0.1, -0.05) is 30.3 Å². The van der Waals surface area contributed by atoms with Crippen LogP contribution in [0.4, 0.5) is 0 Å². The van der Waals surface area contributed by atoms with E-state index >= 15 is 0 Å². The van der Waals surface area contributed by atoms with Crippen molar-refractivity contribution in [2.24, 2.45) is 5.73 Å². The molecule has 3 rings (SSSR count). The average molecular weight is 328 g/mol. The van der Waals surface area contributed by atoms with Gasteiger partial charge >= 0.3 is 0 Å². The highest BCUT2D eigenvalue weighted by atomic mass is 15.6. The Bertz CT molecular complexity index is 637. The molecule has 0 aliphatic heterocycles. The molecule has 0 bridgehead atoms. The van der Waals surface area contributed by atoms with Crippen LogP contribution in [0.1, 0.15) is 63.9 Å². The van der Waals surface area contributed by atoms with E-state index in [2.05, 4.69) is 65.9 Å². The predicted octanol–water partition coefficient (Wildman–Crippen LogP) is 2.38. The van der Waals surface area contributed by atoms with Crippen LogP contribution >= 0.6 is 0 Å². The minimum atomic E-state index is -0.164. The zero-order chi connectivity index (χ0) is 17.2. The van der Waals surface area contributed by atoms with Crippen molar-refractivity contribution in [1.82, 2.24) is 25.5 Å². The third-order valence-electron chi connectivity index (χ3n) is 4.69. The highest BCUT2D eigenvalue weighted by molar-refractivity contribution is 5.25. The van der Waals surface area contributed by atoms with Crippen LogP contribution < -0.4 is 11.1 Å². The molecule has 0 radical (unpaired) electrons. The molecule has 1 fully saturated rings. The first-order valence-corrected chi connectivity index (χ1v) is 8.80. The summed E-state index contributed by atoms with van der Waals surface area (Å²) in [7, 11) is 0. The SMILES string of the molecule is CC(C)(C)n1nnnc1C(NC1CCC(N)CC1)c1ccccc1. The van der Waals surface area contributed by atoms with Gasteiger partial charge in [-0.2, -0.15) is 0 Å². The van der Waals surface area contributed by atoms with E-state index in [-0.39, 0.29) is 11.6 Å². The molecule has 1 aliphatic carbocycles. The van der Waals surface area contributed by atoms with Crippen molar-refractivity contribution < 1.29 is 0 Å². The molecule has 24 heavy (non-hydrogen) atoms. The minimum Gasteiger partial charge on any atom is -0.328 e. The van der Waals surface area contributed by atoms with Crippen molar-refractivity contribution in [2.45, 2.75) is 70.1 Å². The van der Waals surface area contributed by atoms with Crippen molar-refractivity contribution in [3.8, 4) is 0 Å². The van der Waals surface area contributed by atoms with Crippen LogP contribution in [0.15, 0.2) is 30.3 Å². The van der Waals surface area contributed by atoms with Gasteiger partial charge in [0.1, 0.15) is 0 Å². The standard InChI is InChI=1S/C18H28N6/c1-18(2,3)24-17(21-22-23-24)16(13-7-5-4-6-8-13)20-15-11-9-14(19)10-12-15/h4-8,14-16,20H,9-12,19H2,1-3H3. The second-order valence-electron chi connectivity index (χ2n) is 7.74. The Balaban J connectivity index is 1.90. The van der Waals surface area contributed by atoms with Crippen molar-refractivity contribution >= 4 is 0 Å².